The van der Waals surface area contributed by atoms with Crippen LogP contribution in [0.4, 0.5) is 0 Å². The van der Waals surface area contributed by atoms with Gasteiger partial charge in [0.15, 0.2) is 0 Å². The van der Waals surface area contributed by atoms with Crippen LogP contribution in [0, 0.1) is 0 Å². The van der Waals surface area contributed by atoms with E-state index in [9.17, 15) is 0 Å². The van der Waals surface area contributed by atoms with E-state index in [4.69, 9.17) is 10.5 Å². The molecule has 3 N–H and O–H groups in total. The molecule has 1 heterocycles. The molecule has 0 aromatic carbocycles. The maximum atomic E-state index is 5.27. The quantitative estimate of drug-likeness (QED) is 0.441. The summed E-state index contributed by atoms with van der Waals surface area (Å²) in [6.07, 6.45) is 0.264. The van der Waals surface area contributed by atoms with Crippen LogP contribution in [0.25, 0.3) is 0 Å². The predicted molar refractivity (Wildman–Crippen MR) is 26.8 cm³/mol. The summed E-state index contributed by atoms with van der Waals surface area (Å²) >= 11 is 0. The van der Waals surface area contributed by atoms with Crippen LogP contribution in [0.2, 0.25) is 0 Å². The lowest BCUT2D eigenvalue weighted by Gasteiger charge is -1.99. The van der Waals surface area contributed by atoms with Crippen LogP contribution in [0.3, 0.4) is 0 Å². The molecule has 1 rings (SSSR count). The third-order valence-electron chi connectivity index (χ3n) is 1.06. The Balaban J connectivity index is 2.14. The Morgan fingerprint density at radius 1 is 1.86 bits per heavy atom. The second-order valence-electron chi connectivity index (χ2n) is 1.62. The Hall–Kier alpha value is -0.120. The number of ether oxygens (including phenoxy) is 1. The summed E-state index contributed by atoms with van der Waals surface area (Å²) in [6, 6.07) is 0. The first-order chi connectivity index (χ1) is 3.43. The molecule has 7 heavy (non-hydrogen) atoms. The lowest BCUT2D eigenvalue weighted by Crippen LogP contribution is -2.23. The van der Waals surface area contributed by atoms with Crippen molar-refractivity contribution in [3.63, 3.8) is 0 Å². The minimum Gasteiger partial charge on any atom is -0.360 e. The van der Waals surface area contributed by atoms with Crippen molar-refractivity contribution < 1.29 is 4.74 Å². The molecule has 1 aliphatic heterocycles. The Morgan fingerprint density at radius 3 is 3.00 bits per heavy atom. The van der Waals surface area contributed by atoms with Crippen LogP contribution >= 0.6 is 0 Å². The highest BCUT2D eigenvalue weighted by atomic mass is 16.5. The van der Waals surface area contributed by atoms with E-state index in [0.29, 0.717) is 13.3 Å². The zero-order valence-corrected chi connectivity index (χ0v) is 4.18. The van der Waals surface area contributed by atoms with Gasteiger partial charge in [-0.3, -0.25) is 5.32 Å². The fourth-order valence-corrected chi connectivity index (χ4v) is 0.607. The highest BCUT2D eigenvalue weighted by Crippen LogP contribution is 1.91. The fourth-order valence-electron chi connectivity index (χ4n) is 0.607. The van der Waals surface area contributed by atoms with E-state index < -0.39 is 0 Å². The highest BCUT2D eigenvalue weighted by molar-refractivity contribution is 4.65. The number of hydrogen-bond donors (Lipinski definition) is 2. The Bertz CT molecular complexity index is 51.7. The maximum Gasteiger partial charge on any atom is 0.0971 e. The smallest absolute Gasteiger partial charge is 0.0971 e. The Kier molecular flexibility index (Phi) is 1.62. The zero-order valence-electron chi connectivity index (χ0n) is 4.18. The Labute approximate surface area is 42.8 Å². The summed E-state index contributed by atoms with van der Waals surface area (Å²) in [5.74, 6) is 0. The van der Waals surface area contributed by atoms with Gasteiger partial charge in [0.05, 0.1) is 12.8 Å². The average molecular weight is 102 g/mol. The van der Waals surface area contributed by atoms with E-state index in [1.54, 1.807) is 0 Å². The number of rotatable bonds is 1. The zero-order chi connectivity index (χ0) is 5.11. The molecule has 1 fully saturated rings. The molecule has 0 aromatic heterocycles. The topological polar surface area (TPSA) is 47.3 Å². The van der Waals surface area contributed by atoms with Gasteiger partial charge in [-0.05, 0) is 0 Å². The molecule has 0 amide bonds. The summed E-state index contributed by atoms with van der Waals surface area (Å²) in [5.41, 5.74) is 5.27. The van der Waals surface area contributed by atoms with E-state index in [1.807, 2.05) is 0 Å². The van der Waals surface area contributed by atoms with Gasteiger partial charge >= 0.3 is 0 Å². The van der Waals surface area contributed by atoms with Crippen LogP contribution in [0.15, 0.2) is 0 Å². The monoisotopic (exact) mass is 102 g/mol. The molecule has 0 aliphatic carbocycles. The molecular formula is C4H10N2O. The SMILES string of the molecule is NCC1CNCO1. The Morgan fingerprint density at radius 2 is 2.71 bits per heavy atom. The first-order valence-corrected chi connectivity index (χ1v) is 2.46. The van der Waals surface area contributed by atoms with E-state index in [2.05, 4.69) is 5.32 Å². The molecule has 0 spiro atoms. The van der Waals surface area contributed by atoms with Crippen molar-refractivity contribution in [1.82, 2.24) is 5.32 Å². The maximum absolute atomic E-state index is 5.27. The third kappa shape index (κ3) is 1.12. The average Bonchev–Trinajstić information content (AvgIpc) is 2.14. The number of nitrogens with one attached hydrogen (secondary N) is 1. The lowest BCUT2D eigenvalue weighted by atomic mass is 10.4. The summed E-state index contributed by atoms with van der Waals surface area (Å²) in [6.45, 7) is 2.21. The first kappa shape index (κ1) is 5.03. The van der Waals surface area contributed by atoms with Gasteiger partial charge in [0, 0.05) is 13.1 Å². The molecule has 1 atom stereocenters. The van der Waals surface area contributed by atoms with E-state index in [1.165, 1.54) is 0 Å². The predicted octanol–water partition coefficient (Wildman–Crippen LogP) is -1.11. The molecule has 1 aliphatic rings. The largest absolute Gasteiger partial charge is 0.360 e. The second-order valence-corrected chi connectivity index (χ2v) is 1.62. The molecule has 3 heteroatoms. The fraction of sp³-hybridized carbons (Fsp3) is 1.00. The lowest BCUT2D eigenvalue weighted by molar-refractivity contribution is 0.119. The normalized spacial score (nSPS) is 31.3. The number of hydrogen-bond acceptors (Lipinski definition) is 3. The van der Waals surface area contributed by atoms with Crippen LogP contribution in [-0.4, -0.2) is 25.9 Å². The molecule has 1 saturated heterocycles. The van der Waals surface area contributed by atoms with Crippen LogP contribution in [-0.2, 0) is 4.74 Å². The van der Waals surface area contributed by atoms with Gasteiger partial charge in [0.25, 0.3) is 0 Å². The summed E-state index contributed by atoms with van der Waals surface area (Å²) in [4.78, 5) is 0. The van der Waals surface area contributed by atoms with Gasteiger partial charge in [-0.1, -0.05) is 0 Å². The standard InChI is InChI=1S/C4H10N2O/c5-1-4-2-6-3-7-4/h4,6H,1-3,5H2. The number of nitrogens with two attached hydrogens (primary N) is 1. The molecule has 0 aromatic rings. The van der Waals surface area contributed by atoms with Crippen molar-refractivity contribution in [2.24, 2.45) is 5.73 Å². The van der Waals surface area contributed by atoms with Gasteiger partial charge in [-0.15, -0.1) is 0 Å². The van der Waals surface area contributed by atoms with Crippen molar-refractivity contribution in [3.05, 3.63) is 0 Å². The molecule has 1 unspecified atom stereocenters. The molecule has 0 bridgehead atoms. The molecule has 0 saturated carbocycles. The van der Waals surface area contributed by atoms with Gasteiger partial charge in [0.1, 0.15) is 0 Å². The van der Waals surface area contributed by atoms with Crippen molar-refractivity contribution in [2.45, 2.75) is 6.10 Å². The van der Waals surface area contributed by atoms with Gasteiger partial charge in [-0.2, -0.15) is 0 Å². The van der Waals surface area contributed by atoms with Gasteiger partial charge < -0.3 is 10.5 Å². The van der Waals surface area contributed by atoms with Crippen molar-refractivity contribution in [2.75, 3.05) is 19.8 Å². The van der Waals surface area contributed by atoms with E-state index >= 15 is 0 Å². The van der Waals surface area contributed by atoms with E-state index in [-0.39, 0.29) is 6.10 Å². The summed E-state index contributed by atoms with van der Waals surface area (Å²) in [7, 11) is 0. The van der Waals surface area contributed by atoms with Gasteiger partial charge in [-0.25, -0.2) is 0 Å². The summed E-state index contributed by atoms with van der Waals surface area (Å²) in [5, 5.41) is 3.02. The summed E-state index contributed by atoms with van der Waals surface area (Å²) < 4.78 is 5.07. The van der Waals surface area contributed by atoms with Crippen LogP contribution in [0.5, 0.6) is 0 Å². The minimum atomic E-state index is 0.264. The van der Waals surface area contributed by atoms with Crippen molar-refractivity contribution >= 4 is 0 Å². The highest BCUT2D eigenvalue weighted by Gasteiger charge is 2.10. The van der Waals surface area contributed by atoms with E-state index in [0.717, 1.165) is 6.54 Å². The molecular weight excluding hydrogens is 92.1 g/mol. The van der Waals surface area contributed by atoms with Crippen molar-refractivity contribution in [1.29, 1.82) is 0 Å². The molecule has 42 valence electrons. The third-order valence-corrected chi connectivity index (χ3v) is 1.06. The van der Waals surface area contributed by atoms with Crippen molar-refractivity contribution in [3.8, 4) is 0 Å². The first-order valence-electron chi connectivity index (χ1n) is 2.46. The molecule has 0 radical (unpaired) electrons. The molecule has 3 nitrogen and oxygen atoms in total. The minimum absolute atomic E-state index is 0.264. The van der Waals surface area contributed by atoms with Gasteiger partial charge in [0.2, 0.25) is 0 Å². The second kappa shape index (κ2) is 2.26. The van der Waals surface area contributed by atoms with Crippen LogP contribution in [0.1, 0.15) is 0 Å². The van der Waals surface area contributed by atoms with Crippen LogP contribution < -0.4 is 11.1 Å².